The van der Waals surface area contributed by atoms with Crippen molar-refractivity contribution in [1.82, 2.24) is 10.2 Å². The minimum absolute atomic E-state index is 0.0737. The fourth-order valence-corrected chi connectivity index (χ4v) is 5.39. The maximum Gasteiger partial charge on any atom is 0.264 e. The lowest BCUT2D eigenvalue weighted by molar-refractivity contribution is -0.140. The van der Waals surface area contributed by atoms with Crippen LogP contribution in [0.3, 0.4) is 0 Å². The van der Waals surface area contributed by atoms with Crippen LogP contribution in [0.15, 0.2) is 94.3 Å². The lowest BCUT2D eigenvalue weighted by atomic mass is 10.1. The zero-order chi connectivity index (χ0) is 27.2. The first-order valence-electron chi connectivity index (χ1n) is 11.9. The van der Waals surface area contributed by atoms with Crippen LogP contribution in [0.25, 0.3) is 0 Å². The quantitative estimate of drug-likeness (QED) is 0.384. The Morgan fingerprint density at radius 2 is 1.43 bits per heavy atom. The SMILES string of the molecule is CC(C(=O)NC(C)(C)C)N(Cc1ccc(Br)cc1)C(=O)CN(c1ccccc1)S(=O)(=O)c1ccccc1. The van der Waals surface area contributed by atoms with Gasteiger partial charge in [0.1, 0.15) is 12.6 Å². The minimum atomic E-state index is -4.06. The Morgan fingerprint density at radius 1 is 0.892 bits per heavy atom. The second-order valence-electron chi connectivity index (χ2n) is 9.72. The maximum absolute atomic E-state index is 13.8. The number of para-hydroxylation sites is 1. The van der Waals surface area contributed by atoms with Gasteiger partial charge in [0.2, 0.25) is 11.8 Å². The number of nitrogens with one attached hydrogen (secondary N) is 1. The van der Waals surface area contributed by atoms with Crippen molar-refractivity contribution in [2.75, 3.05) is 10.8 Å². The Kier molecular flexibility index (Phi) is 9.15. The van der Waals surface area contributed by atoms with Gasteiger partial charge in [0.15, 0.2) is 0 Å². The molecule has 0 aliphatic heterocycles. The molecule has 196 valence electrons. The number of rotatable bonds is 9. The molecule has 1 N–H and O–H groups in total. The summed E-state index contributed by atoms with van der Waals surface area (Å²) in [6.45, 7) is 6.91. The van der Waals surface area contributed by atoms with E-state index >= 15 is 0 Å². The van der Waals surface area contributed by atoms with Crippen LogP contribution in [0.5, 0.6) is 0 Å². The lowest BCUT2D eigenvalue weighted by Crippen LogP contribution is -2.54. The number of hydrogen-bond donors (Lipinski definition) is 1. The van der Waals surface area contributed by atoms with E-state index in [0.717, 1.165) is 14.3 Å². The Bertz CT molecular complexity index is 1310. The highest BCUT2D eigenvalue weighted by Crippen LogP contribution is 2.24. The van der Waals surface area contributed by atoms with E-state index in [1.165, 1.54) is 17.0 Å². The molecule has 0 saturated carbocycles. The van der Waals surface area contributed by atoms with Gasteiger partial charge in [0.25, 0.3) is 10.0 Å². The molecule has 3 aromatic rings. The summed E-state index contributed by atoms with van der Waals surface area (Å²) >= 11 is 3.41. The van der Waals surface area contributed by atoms with Crippen molar-refractivity contribution in [2.24, 2.45) is 0 Å². The summed E-state index contributed by atoms with van der Waals surface area (Å²) in [4.78, 5) is 28.4. The Labute approximate surface area is 227 Å². The van der Waals surface area contributed by atoms with Crippen molar-refractivity contribution in [3.63, 3.8) is 0 Å². The van der Waals surface area contributed by atoms with E-state index in [2.05, 4.69) is 21.2 Å². The molecule has 3 rings (SSSR count). The average Bonchev–Trinajstić information content (AvgIpc) is 2.86. The molecule has 1 atom stereocenters. The van der Waals surface area contributed by atoms with Crippen molar-refractivity contribution in [3.8, 4) is 0 Å². The summed E-state index contributed by atoms with van der Waals surface area (Å²) in [7, 11) is -4.06. The van der Waals surface area contributed by atoms with Crippen molar-refractivity contribution < 1.29 is 18.0 Å². The molecule has 0 aromatic heterocycles. The van der Waals surface area contributed by atoms with Gasteiger partial charge in [-0.3, -0.25) is 13.9 Å². The van der Waals surface area contributed by atoms with Gasteiger partial charge in [-0.15, -0.1) is 0 Å². The number of carbonyl (C=O) groups excluding carboxylic acids is 2. The topological polar surface area (TPSA) is 86.8 Å². The third kappa shape index (κ3) is 7.66. The minimum Gasteiger partial charge on any atom is -0.350 e. The summed E-state index contributed by atoms with van der Waals surface area (Å²) in [6, 6.07) is 23.1. The van der Waals surface area contributed by atoms with E-state index in [0.29, 0.717) is 5.69 Å². The Morgan fingerprint density at radius 3 is 1.97 bits per heavy atom. The van der Waals surface area contributed by atoms with Crippen molar-refractivity contribution in [3.05, 3.63) is 95.0 Å². The van der Waals surface area contributed by atoms with E-state index in [1.54, 1.807) is 55.5 Å². The zero-order valence-electron chi connectivity index (χ0n) is 21.4. The first-order valence-corrected chi connectivity index (χ1v) is 14.1. The van der Waals surface area contributed by atoms with E-state index < -0.39 is 34.1 Å². The fraction of sp³-hybridized carbons (Fsp3) is 0.286. The molecular weight excluding hydrogens is 554 g/mol. The first-order chi connectivity index (χ1) is 17.4. The zero-order valence-corrected chi connectivity index (χ0v) is 23.8. The number of benzene rings is 3. The van der Waals surface area contributed by atoms with Crippen LogP contribution in [0, 0.1) is 0 Å². The van der Waals surface area contributed by atoms with Gasteiger partial charge in [0.05, 0.1) is 10.6 Å². The predicted molar refractivity (Wildman–Crippen MR) is 149 cm³/mol. The van der Waals surface area contributed by atoms with Crippen molar-refractivity contribution in [1.29, 1.82) is 0 Å². The molecule has 0 aliphatic rings. The molecule has 2 amide bonds. The number of halogens is 1. The molecule has 0 heterocycles. The number of hydrogen-bond acceptors (Lipinski definition) is 4. The van der Waals surface area contributed by atoms with Crippen LogP contribution < -0.4 is 9.62 Å². The number of amides is 2. The monoisotopic (exact) mass is 585 g/mol. The van der Waals surface area contributed by atoms with Gasteiger partial charge in [-0.25, -0.2) is 8.42 Å². The van der Waals surface area contributed by atoms with Crippen LogP contribution in [-0.2, 0) is 26.2 Å². The second-order valence-corrected chi connectivity index (χ2v) is 12.5. The Balaban J connectivity index is 1.99. The van der Waals surface area contributed by atoms with Gasteiger partial charge in [-0.05, 0) is 69.7 Å². The highest BCUT2D eigenvalue weighted by Gasteiger charge is 2.33. The molecular formula is C28H32BrN3O4S. The highest BCUT2D eigenvalue weighted by atomic mass is 79.9. The van der Waals surface area contributed by atoms with Crippen LogP contribution in [-0.4, -0.2) is 43.3 Å². The first kappa shape index (κ1) is 28.4. The largest absolute Gasteiger partial charge is 0.350 e. The molecule has 1 unspecified atom stereocenters. The van der Waals surface area contributed by atoms with Crippen LogP contribution in [0.1, 0.15) is 33.3 Å². The van der Waals surface area contributed by atoms with Gasteiger partial charge < -0.3 is 10.2 Å². The molecule has 37 heavy (non-hydrogen) atoms. The summed E-state index contributed by atoms with van der Waals surface area (Å²) in [5.74, 6) is -0.821. The third-order valence-corrected chi connectivity index (χ3v) is 7.90. The number of nitrogens with zero attached hydrogens (tertiary/aromatic N) is 2. The lowest BCUT2D eigenvalue weighted by Gasteiger charge is -2.33. The summed E-state index contributed by atoms with van der Waals surface area (Å²) in [5.41, 5.74) is 0.670. The molecule has 0 radical (unpaired) electrons. The normalized spacial score (nSPS) is 12.5. The van der Waals surface area contributed by atoms with Gasteiger partial charge in [0, 0.05) is 16.6 Å². The predicted octanol–water partition coefficient (Wildman–Crippen LogP) is 4.98. The third-order valence-electron chi connectivity index (χ3n) is 5.59. The fourth-order valence-electron chi connectivity index (χ4n) is 3.69. The molecule has 0 bridgehead atoms. The standard InChI is InChI=1S/C28H32BrN3O4S/c1-21(27(34)30-28(2,3)4)31(19-22-15-17-23(29)18-16-22)26(33)20-32(24-11-7-5-8-12-24)37(35,36)25-13-9-6-10-14-25/h5-18,21H,19-20H2,1-4H3,(H,30,34). The number of carbonyl (C=O) groups is 2. The molecule has 0 saturated heterocycles. The molecule has 7 nitrogen and oxygen atoms in total. The summed E-state index contributed by atoms with van der Waals surface area (Å²) < 4.78 is 29.3. The van der Waals surface area contributed by atoms with Crippen LogP contribution in [0.2, 0.25) is 0 Å². The number of anilines is 1. The van der Waals surface area contributed by atoms with Crippen LogP contribution in [0.4, 0.5) is 5.69 Å². The molecule has 3 aromatic carbocycles. The average molecular weight is 587 g/mol. The van der Waals surface area contributed by atoms with Crippen molar-refractivity contribution in [2.45, 2.75) is 50.7 Å². The Hall–Kier alpha value is -3.17. The smallest absolute Gasteiger partial charge is 0.264 e. The summed E-state index contributed by atoms with van der Waals surface area (Å²) in [6.07, 6.45) is 0. The van der Waals surface area contributed by atoms with E-state index in [4.69, 9.17) is 0 Å². The molecule has 0 aliphatic carbocycles. The van der Waals surface area contributed by atoms with Crippen LogP contribution >= 0.6 is 15.9 Å². The van der Waals surface area contributed by atoms with E-state index in [9.17, 15) is 18.0 Å². The number of sulfonamides is 1. The van der Waals surface area contributed by atoms with Gasteiger partial charge in [-0.2, -0.15) is 0 Å². The summed E-state index contributed by atoms with van der Waals surface area (Å²) in [5, 5.41) is 2.92. The van der Waals surface area contributed by atoms with Crippen molar-refractivity contribution >= 4 is 43.5 Å². The molecule has 0 spiro atoms. The molecule has 0 fully saturated rings. The van der Waals surface area contributed by atoms with Gasteiger partial charge in [-0.1, -0.05) is 64.5 Å². The van der Waals surface area contributed by atoms with Gasteiger partial charge >= 0.3 is 0 Å². The van der Waals surface area contributed by atoms with E-state index in [-0.39, 0.29) is 17.3 Å². The second kappa shape index (κ2) is 11.9. The highest BCUT2D eigenvalue weighted by molar-refractivity contribution is 9.10. The molecule has 9 heteroatoms. The maximum atomic E-state index is 13.8. The van der Waals surface area contributed by atoms with E-state index in [1.807, 2.05) is 45.0 Å².